The van der Waals surface area contributed by atoms with Crippen LogP contribution in [0.3, 0.4) is 0 Å². The molecule has 0 aliphatic carbocycles. The molecule has 0 saturated heterocycles. The van der Waals surface area contributed by atoms with Crippen molar-refractivity contribution in [1.29, 1.82) is 0 Å². The fourth-order valence-corrected chi connectivity index (χ4v) is 5.70. The number of ether oxygens (including phenoxy) is 4. The first-order valence-electron chi connectivity index (χ1n) is 13.1. The van der Waals surface area contributed by atoms with Crippen LogP contribution in [0, 0.1) is 0 Å². The maximum Gasteiger partial charge on any atom is 0.254 e. The molecule has 6 rings (SSSR count). The molecule has 2 amide bonds. The number of hydrogen-bond donors (Lipinski definition) is 1. The third kappa shape index (κ3) is 4.10. The first kappa shape index (κ1) is 24.2. The highest BCUT2D eigenvalue weighted by Gasteiger charge is 2.46. The summed E-state index contributed by atoms with van der Waals surface area (Å²) in [6.07, 6.45) is 0.678. The molecular formula is C30H30N2O6. The minimum absolute atomic E-state index is 0.0529. The largest absolute Gasteiger partial charge is 0.490 e. The highest BCUT2D eigenvalue weighted by Crippen LogP contribution is 2.48. The molecule has 0 saturated carbocycles. The standard InChI is InChI=1S/C30H30N2O6/c1-3-35-25-14-19-11-12-32-28(22(19)15-26(25)36-4-2)27(20-7-5-6-8-21(20)30(32)34)29(33)31-16-18-9-10-23-24(13-18)38-17-37-23/h5-10,13-15,27-28H,3-4,11-12,16-17H2,1-2H3,(H,31,33)/t27-,28-/m0/s1. The predicted molar refractivity (Wildman–Crippen MR) is 140 cm³/mol. The van der Waals surface area contributed by atoms with Crippen LogP contribution in [0.25, 0.3) is 0 Å². The third-order valence-corrected chi connectivity index (χ3v) is 7.37. The summed E-state index contributed by atoms with van der Waals surface area (Å²) >= 11 is 0. The summed E-state index contributed by atoms with van der Waals surface area (Å²) in [4.78, 5) is 29.4. The predicted octanol–water partition coefficient (Wildman–Crippen LogP) is 4.37. The van der Waals surface area contributed by atoms with E-state index in [0.717, 1.165) is 22.3 Å². The van der Waals surface area contributed by atoms with Crippen molar-refractivity contribution in [3.63, 3.8) is 0 Å². The number of carbonyl (C=O) groups excluding carboxylic acids is 2. The summed E-state index contributed by atoms with van der Waals surface area (Å²) in [6.45, 7) is 5.91. The van der Waals surface area contributed by atoms with E-state index in [1.165, 1.54) is 0 Å². The minimum Gasteiger partial charge on any atom is -0.490 e. The smallest absolute Gasteiger partial charge is 0.254 e. The van der Waals surface area contributed by atoms with Crippen molar-refractivity contribution in [2.75, 3.05) is 26.6 Å². The van der Waals surface area contributed by atoms with E-state index in [0.29, 0.717) is 61.3 Å². The highest BCUT2D eigenvalue weighted by atomic mass is 16.7. The van der Waals surface area contributed by atoms with Gasteiger partial charge in [0.1, 0.15) is 0 Å². The average molecular weight is 515 g/mol. The number of nitrogens with zero attached hydrogens (tertiary/aromatic N) is 1. The Kier molecular flexibility index (Phi) is 6.31. The normalized spacial score (nSPS) is 18.8. The Bertz CT molecular complexity index is 1400. The molecule has 0 fully saturated rings. The van der Waals surface area contributed by atoms with Gasteiger partial charge in [-0.25, -0.2) is 0 Å². The molecule has 3 aromatic carbocycles. The Morgan fingerprint density at radius 2 is 1.74 bits per heavy atom. The van der Waals surface area contributed by atoms with Gasteiger partial charge in [-0.1, -0.05) is 24.3 Å². The number of carbonyl (C=O) groups is 2. The van der Waals surface area contributed by atoms with Crippen molar-refractivity contribution >= 4 is 11.8 Å². The number of benzene rings is 3. The second-order valence-electron chi connectivity index (χ2n) is 9.53. The van der Waals surface area contributed by atoms with E-state index in [4.69, 9.17) is 18.9 Å². The SMILES string of the molecule is CCOc1cc2c(cc1OCC)[C@H]1[C@@H](C(=O)NCc3ccc4c(c3)OCO4)c3ccccc3C(=O)N1CC2. The molecule has 38 heavy (non-hydrogen) atoms. The second-order valence-corrected chi connectivity index (χ2v) is 9.53. The molecular weight excluding hydrogens is 484 g/mol. The van der Waals surface area contributed by atoms with Crippen LogP contribution >= 0.6 is 0 Å². The van der Waals surface area contributed by atoms with Crippen molar-refractivity contribution in [2.45, 2.75) is 38.8 Å². The van der Waals surface area contributed by atoms with Crippen LogP contribution in [-0.2, 0) is 17.8 Å². The lowest BCUT2D eigenvalue weighted by molar-refractivity contribution is -0.124. The maximum absolute atomic E-state index is 14.0. The molecule has 2 atom stereocenters. The van der Waals surface area contributed by atoms with E-state index in [9.17, 15) is 9.59 Å². The number of hydrogen-bond acceptors (Lipinski definition) is 6. The van der Waals surface area contributed by atoms with Gasteiger partial charge >= 0.3 is 0 Å². The van der Waals surface area contributed by atoms with E-state index in [1.807, 2.05) is 73.3 Å². The number of amides is 2. The molecule has 0 bridgehead atoms. The van der Waals surface area contributed by atoms with Gasteiger partial charge in [-0.3, -0.25) is 9.59 Å². The Balaban J connectivity index is 1.38. The van der Waals surface area contributed by atoms with Gasteiger partial charge < -0.3 is 29.2 Å². The Morgan fingerprint density at radius 1 is 0.974 bits per heavy atom. The fourth-order valence-electron chi connectivity index (χ4n) is 5.70. The van der Waals surface area contributed by atoms with Crippen LogP contribution < -0.4 is 24.3 Å². The van der Waals surface area contributed by atoms with Crippen LogP contribution in [0.2, 0.25) is 0 Å². The average Bonchev–Trinajstić information content (AvgIpc) is 3.41. The highest BCUT2D eigenvalue weighted by molar-refractivity contribution is 6.01. The van der Waals surface area contributed by atoms with Crippen molar-refractivity contribution in [1.82, 2.24) is 10.2 Å². The maximum atomic E-state index is 14.0. The van der Waals surface area contributed by atoms with E-state index in [-0.39, 0.29) is 18.6 Å². The van der Waals surface area contributed by atoms with Gasteiger partial charge in [0.15, 0.2) is 23.0 Å². The van der Waals surface area contributed by atoms with E-state index >= 15 is 0 Å². The van der Waals surface area contributed by atoms with Crippen LogP contribution in [-0.4, -0.2) is 43.3 Å². The molecule has 196 valence electrons. The lowest BCUT2D eigenvalue weighted by atomic mass is 9.75. The first-order chi connectivity index (χ1) is 18.6. The molecule has 3 aromatic rings. The van der Waals surface area contributed by atoms with Gasteiger partial charge in [0.25, 0.3) is 5.91 Å². The van der Waals surface area contributed by atoms with Crippen LogP contribution in [0.15, 0.2) is 54.6 Å². The van der Waals surface area contributed by atoms with Gasteiger partial charge in [-0.2, -0.15) is 0 Å². The Labute approximate surface area is 221 Å². The summed E-state index contributed by atoms with van der Waals surface area (Å²) in [7, 11) is 0. The van der Waals surface area contributed by atoms with Gasteiger partial charge in [0, 0.05) is 18.7 Å². The van der Waals surface area contributed by atoms with Gasteiger partial charge in [-0.05, 0) is 72.9 Å². The number of nitrogens with one attached hydrogen (secondary N) is 1. The van der Waals surface area contributed by atoms with Crippen molar-refractivity contribution in [3.8, 4) is 23.0 Å². The zero-order chi connectivity index (χ0) is 26.2. The summed E-state index contributed by atoms with van der Waals surface area (Å²) in [6, 6.07) is 16.6. The summed E-state index contributed by atoms with van der Waals surface area (Å²) in [5, 5.41) is 3.12. The van der Waals surface area contributed by atoms with Gasteiger partial charge in [-0.15, -0.1) is 0 Å². The molecule has 8 heteroatoms. The lowest BCUT2D eigenvalue weighted by Crippen LogP contribution is -2.50. The van der Waals surface area contributed by atoms with Crippen molar-refractivity contribution in [2.24, 2.45) is 0 Å². The topological polar surface area (TPSA) is 86.3 Å². The van der Waals surface area contributed by atoms with Crippen molar-refractivity contribution < 1.29 is 28.5 Å². The molecule has 0 radical (unpaired) electrons. The molecule has 0 spiro atoms. The summed E-state index contributed by atoms with van der Waals surface area (Å²) in [5.74, 6) is 1.91. The monoisotopic (exact) mass is 514 g/mol. The first-order valence-corrected chi connectivity index (χ1v) is 13.1. The summed E-state index contributed by atoms with van der Waals surface area (Å²) in [5.41, 5.74) is 4.21. The minimum atomic E-state index is -0.579. The zero-order valence-electron chi connectivity index (χ0n) is 21.5. The number of rotatable bonds is 7. The van der Waals surface area contributed by atoms with E-state index in [2.05, 4.69) is 5.32 Å². The van der Waals surface area contributed by atoms with Gasteiger partial charge in [0.2, 0.25) is 12.7 Å². The molecule has 8 nitrogen and oxygen atoms in total. The molecule has 0 unspecified atom stereocenters. The van der Waals surface area contributed by atoms with Crippen molar-refractivity contribution in [3.05, 3.63) is 82.4 Å². The van der Waals surface area contributed by atoms with E-state index < -0.39 is 12.0 Å². The molecule has 1 N–H and O–H groups in total. The quantitative estimate of drug-likeness (QED) is 0.504. The Hall–Kier alpha value is -4.20. The summed E-state index contributed by atoms with van der Waals surface area (Å²) < 4.78 is 22.7. The zero-order valence-corrected chi connectivity index (χ0v) is 21.5. The molecule has 3 aliphatic heterocycles. The molecule has 3 heterocycles. The Morgan fingerprint density at radius 3 is 2.55 bits per heavy atom. The molecule has 3 aliphatic rings. The second kappa shape index (κ2) is 9.93. The van der Waals surface area contributed by atoms with E-state index in [1.54, 1.807) is 0 Å². The molecule has 0 aromatic heterocycles. The van der Waals surface area contributed by atoms with Crippen LogP contribution in [0.1, 0.15) is 58.4 Å². The van der Waals surface area contributed by atoms with Gasteiger partial charge in [0.05, 0.1) is 25.2 Å². The third-order valence-electron chi connectivity index (χ3n) is 7.37. The van der Waals surface area contributed by atoms with Crippen LogP contribution in [0.4, 0.5) is 0 Å². The number of fused-ring (bicyclic) bond motifs is 5. The lowest BCUT2D eigenvalue weighted by Gasteiger charge is -2.45. The van der Waals surface area contributed by atoms with Crippen LogP contribution in [0.5, 0.6) is 23.0 Å². The fraction of sp³-hybridized carbons (Fsp3) is 0.333.